The van der Waals surface area contributed by atoms with E-state index in [9.17, 15) is 0 Å². The predicted molar refractivity (Wildman–Crippen MR) is 36.7 cm³/mol. The van der Waals surface area contributed by atoms with E-state index in [0.29, 0.717) is 0 Å². The largest absolute Gasteiger partial charge is 0.0842 e. The average Bonchev–Trinajstić information content (AvgIpc) is 1.66. The van der Waals surface area contributed by atoms with E-state index < -0.39 is 0 Å². The summed E-state index contributed by atoms with van der Waals surface area (Å²) >= 11 is 0. The van der Waals surface area contributed by atoms with Gasteiger partial charge in [-0.25, -0.2) is 0 Å². The molecule has 1 aliphatic rings. The van der Waals surface area contributed by atoms with Crippen molar-refractivity contribution < 1.29 is 0 Å². The highest BCUT2D eigenvalue weighted by atomic mass is 14.2. The maximum atomic E-state index is 2.21. The number of hydrogen-bond acceptors (Lipinski definition) is 0. The van der Waals surface area contributed by atoms with Crippen molar-refractivity contribution in [2.24, 2.45) is 0 Å². The van der Waals surface area contributed by atoms with Crippen LogP contribution >= 0.6 is 0 Å². The first-order valence-electron chi connectivity index (χ1n) is 3.19. The molecular formula is C8H12. The number of allylic oxidation sites excluding steroid dienone is 4. The van der Waals surface area contributed by atoms with Crippen LogP contribution < -0.4 is 0 Å². The van der Waals surface area contributed by atoms with Crippen LogP contribution in [0.15, 0.2) is 23.3 Å². The molecule has 0 atom stereocenters. The second kappa shape index (κ2) is 2.17. The molecule has 0 spiro atoms. The molecule has 0 radical (unpaired) electrons. The van der Waals surface area contributed by atoms with Gasteiger partial charge in [-0.3, -0.25) is 0 Å². The summed E-state index contributed by atoms with van der Waals surface area (Å²) in [5.74, 6) is 0. The van der Waals surface area contributed by atoms with Gasteiger partial charge in [-0.2, -0.15) is 0 Å². The highest BCUT2D eigenvalue weighted by molar-refractivity contribution is 5.38. The molecule has 0 nitrogen and oxygen atoms in total. The molecule has 1 rings (SSSR count). The Hall–Kier alpha value is -0.520. The Bertz CT molecular complexity index is 120. The Balaban J connectivity index is 2.64. The van der Waals surface area contributed by atoms with Crippen LogP contribution in [0.3, 0.4) is 0 Å². The molecule has 44 valence electrons. The summed E-state index contributed by atoms with van der Waals surface area (Å²) in [6.45, 7) is 4.22. The highest BCUT2D eigenvalue weighted by Crippen LogP contribution is 2.31. The second-order valence-electron chi connectivity index (χ2n) is 2.13. The van der Waals surface area contributed by atoms with Crippen molar-refractivity contribution in [3.05, 3.63) is 23.3 Å². The van der Waals surface area contributed by atoms with Gasteiger partial charge in [0.05, 0.1) is 0 Å². The maximum absolute atomic E-state index is 2.21. The zero-order valence-corrected chi connectivity index (χ0v) is 5.57. The lowest BCUT2D eigenvalue weighted by atomic mass is 9.85. The van der Waals surface area contributed by atoms with Crippen molar-refractivity contribution in [3.63, 3.8) is 0 Å². The van der Waals surface area contributed by atoms with E-state index >= 15 is 0 Å². The van der Waals surface area contributed by atoms with E-state index in [-0.39, 0.29) is 0 Å². The summed E-state index contributed by atoms with van der Waals surface area (Å²) in [7, 11) is 0. The van der Waals surface area contributed by atoms with Crippen molar-refractivity contribution in [2.75, 3.05) is 0 Å². The van der Waals surface area contributed by atoms with Gasteiger partial charge in [0.25, 0.3) is 0 Å². The lowest BCUT2D eigenvalue weighted by molar-refractivity contribution is 0.818. The fourth-order valence-electron chi connectivity index (χ4n) is 1.07. The van der Waals surface area contributed by atoms with E-state index in [4.69, 9.17) is 0 Å². The lowest BCUT2D eigenvalue weighted by Gasteiger charge is -2.20. The Morgan fingerprint density at radius 1 is 1.00 bits per heavy atom. The normalized spacial score (nSPS) is 28.8. The first-order chi connectivity index (χ1) is 3.88. The van der Waals surface area contributed by atoms with Crippen molar-refractivity contribution in [1.29, 1.82) is 0 Å². The van der Waals surface area contributed by atoms with Crippen molar-refractivity contribution in [2.45, 2.75) is 26.7 Å². The minimum absolute atomic E-state index is 1.30. The summed E-state index contributed by atoms with van der Waals surface area (Å²) < 4.78 is 0. The van der Waals surface area contributed by atoms with E-state index in [1.807, 2.05) is 0 Å². The van der Waals surface area contributed by atoms with Gasteiger partial charge in [0.1, 0.15) is 0 Å². The molecule has 0 aromatic carbocycles. The summed E-state index contributed by atoms with van der Waals surface area (Å²) in [6, 6.07) is 0. The number of rotatable bonds is 0. The zero-order chi connectivity index (χ0) is 5.98. The molecule has 0 heteroatoms. The molecule has 0 aromatic rings. The van der Waals surface area contributed by atoms with Gasteiger partial charge in [0, 0.05) is 0 Å². The standard InChI is InChI=1S/C8H12/c1-3-7-5-6-8(7)4-2/h3-4H,5-6H2,1-2H3/b7-3+,8-4+. The van der Waals surface area contributed by atoms with Gasteiger partial charge in [-0.15, -0.1) is 0 Å². The van der Waals surface area contributed by atoms with Crippen LogP contribution in [-0.2, 0) is 0 Å². The van der Waals surface area contributed by atoms with Crippen molar-refractivity contribution in [1.82, 2.24) is 0 Å². The molecule has 0 amide bonds. The maximum Gasteiger partial charge on any atom is -0.0239 e. The van der Waals surface area contributed by atoms with Gasteiger partial charge in [-0.05, 0) is 37.8 Å². The Labute approximate surface area is 50.9 Å². The van der Waals surface area contributed by atoms with Gasteiger partial charge < -0.3 is 0 Å². The fraction of sp³-hybridized carbons (Fsp3) is 0.500. The molecule has 0 aromatic heterocycles. The van der Waals surface area contributed by atoms with Crippen LogP contribution in [0.5, 0.6) is 0 Å². The monoisotopic (exact) mass is 108 g/mol. The average molecular weight is 108 g/mol. The molecule has 0 N–H and O–H groups in total. The first kappa shape index (κ1) is 5.61. The van der Waals surface area contributed by atoms with Crippen LogP contribution in [0.2, 0.25) is 0 Å². The third-order valence-corrected chi connectivity index (χ3v) is 1.77. The summed E-state index contributed by atoms with van der Waals surface area (Å²) in [6.07, 6.45) is 7.02. The third-order valence-electron chi connectivity index (χ3n) is 1.77. The Morgan fingerprint density at radius 2 is 1.38 bits per heavy atom. The van der Waals surface area contributed by atoms with E-state index in [1.165, 1.54) is 12.8 Å². The lowest BCUT2D eigenvalue weighted by Crippen LogP contribution is -2.01. The molecule has 0 bridgehead atoms. The van der Waals surface area contributed by atoms with Gasteiger partial charge in [0.2, 0.25) is 0 Å². The molecule has 8 heavy (non-hydrogen) atoms. The number of hydrogen-bond donors (Lipinski definition) is 0. The molecule has 0 unspecified atom stereocenters. The van der Waals surface area contributed by atoms with E-state index in [1.54, 1.807) is 11.1 Å². The molecule has 1 fully saturated rings. The van der Waals surface area contributed by atoms with Crippen LogP contribution in [0, 0.1) is 0 Å². The molecule has 0 heterocycles. The predicted octanol–water partition coefficient (Wildman–Crippen LogP) is 2.67. The van der Waals surface area contributed by atoms with E-state index in [0.717, 1.165) is 0 Å². The Morgan fingerprint density at radius 3 is 1.50 bits per heavy atom. The zero-order valence-electron chi connectivity index (χ0n) is 5.57. The molecular weight excluding hydrogens is 96.1 g/mol. The summed E-state index contributed by atoms with van der Waals surface area (Å²) in [5, 5.41) is 0. The topological polar surface area (TPSA) is 0 Å². The van der Waals surface area contributed by atoms with Crippen LogP contribution in [0.4, 0.5) is 0 Å². The van der Waals surface area contributed by atoms with Crippen molar-refractivity contribution >= 4 is 0 Å². The van der Waals surface area contributed by atoms with Gasteiger partial charge >= 0.3 is 0 Å². The molecule has 1 saturated carbocycles. The fourth-order valence-corrected chi connectivity index (χ4v) is 1.07. The highest BCUT2D eigenvalue weighted by Gasteiger charge is 2.12. The minimum Gasteiger partial charge on any atom is -0.0842 e. The molecule has 0 saturated heterocycles. The van der Waals surface area contributed by atoms with Crippen molar-refractivity contribution in [3.8, 4) is 0 Å². The van der Waals surface area contributed by atoms with Crippen LogP contribution in [-0.4, -0.2) is 0 Å². The van der Waals surface area contributed by atoms with Gasteiger partial charge in [0.15, 0.2) is 0 Å². The summed E-state index contributed by atoms with van der Waals surface area (Å²) in [4.78, 5) is 0. The molecule has 0 aliphatic heterocycles. The first-order valence-corrected chi connectivity index (χ1v) is 3.19. The minimum atomic E-state index is 1.30. The smallest absolute Gasteiger partial charge is 0.0239 e. The quantitative estimate of drug-likeness (QED) is 0.447. The van der Waals surface area contributed by atoms with Crippen LogP contribution in [0.1, 0.15) is 26.7 Å². The van der Waals surface area contributed by atoms with E-state index in [2.05, 4.69) is 26.0 Å². The van der Waals surface area contributed by atoms with Crippen LogP contribution in [0.25, 0.3) is 0 Å². The second-order valence-corrected chi connectivity index (χ2v) is 2.13. The SMILES string of the molecule is C/C=C1\CC\C1=C/C. The summed E-state index contributed by atoms with van der Waals surface area (Å²) in [5.41, 5.74) is 3.10. The third kappa shape index (κ3) is 0.706. The van der Waals surface area contributed by atoms with Gasteiger partial charge in [-0.1, -0.05) is 12.2 Å². The Kier molecular flexibility index (Phi) is 1.52. The molecule has 1 aliphatic carbocycles.